The maximum Gasteiger partial charge on any atom is 0.317 e. The largest absolute Gasteiger partial charge is 0.362 e. The van der Waals surface area contributed by atoms with Crippen molar-refractivity contribution in [1.29, 1.82) is 0 Å². The zero-order chi connectivity index (χ0) is 15.5. The average molecular weight is 302 g/mol. The lowest BCUT2D eigenvalue weighted by Gasteiger charge is -2.37. The van der Waals surface area contributed by atoms with Gasteiger partial charge in [-0.25, -0.2) is 9.78 Å². The molecular formula is C17H26N4O. The van der Waals surface area contributed by atoms with Crippen LogP contribution in [0.3, 0.4) is 0 Å². The first-order chi connectivity index (χ1) is 10.7. The van der Waals surface area contributed by atoms with Gasteiger partial charge in [0.1, 0.15) is 5.82 Å². The van der Waals surface area contributed by atoms with Gasteiger partial charge < -0.3 is 15.1 Å². The molecule has 2 amide bonds. The van der Waals surface area contributed by atoms with Crippen LogP contribution in [-0.4, -0.2) is 42.6 Å². The Morgan fingerprint density at radius 2 is 2.18 bits per heavy atom. The number of carbonyl (C=O) groups excluding carboxylic acids is 1. The van der Waals surface area contributed by atoms with E-state index in [4.69, 9.17) is 0 Å². The zero-order valence-electron chi connectivity index (χ0n) is 13.6. The number of aromatic nitrogens is 1. The fraction of sp³-hybridized carbons (Fsp3) is 0.647. The Hall–Kier alpha value is -1.78. The number of urea groups is 1. The van der Waals surface area contributed by atoms with E-state index in [2.05, 4.69) is 15.2 Å². The lowest BCUT2D eigenvalue weighted by atomic mass is 9.92. The van der Waals surface area contributed by atoms with Crippen molar-refractivity contribution in [3.63, 3.8) is 0 Å². The molecule has 1 N–H and O–H groups in total. The molecule has 1 aliphatic carbocycles. The molecular weight excluding hydrogens is 276 g/mol. The number of amides is 2. The lowest BCUT2D eigenvalue weighted by molar-refractivity contribution is 0.128. The Balaban J connectivity index is 1.63. The summed E-state index contributed by atoms with van der Waals surface area (Å²) in [6.07, 6.45) is 7.96. The van der Waals surface area contributed by atoms with Crippen LogP contribution in [-0.2, 0) is 6.54 Å². The fourth-order valence-electron chi connectivity index (χ4n) is 3.95. The molecule has 2 atom stereocenters. The summed E-state index contributed by atoms with van der Waals surface area (Å²) in [6, 6.07) is 4.50. The molecule has 1 saturated heterocycles. The molecule has 1 saturated carbocycles. The molecule has 0 unspecified atom stereocenters. The smallest absolute Gasteiger partial charge is 0.317 e. The minimum Gasteiger partial charge on any atom is -0.362 e. The van der Waals surface area contributed by atoms with E-state index in [1.54, 1.807) is 6.20 Å². The van der Waals surface area contributed by atoms with E-state index in [-0.39, 0.29) is 6.03 Å². The highest BCUT2D eigenvalue weighted by molar-refractivity contribution is 5.75. The van der Waals surface area contributed by atoms with Crippen molar-refractivity contribution >= 4 is 11.8 Å². The molecule has 120 valence electrons. The number of nitrogens with zero attached hydrogens (tertiary/aromatic N) is 3. The van der Waals surface area contributed by atoms with Gasteiger partial charge in [0, 0.05) is 45.0 Å². The summed E-state index contributed by atoms with van der Waals surface area (Å²) in [5, 5.41) is 3.10. The summed E-state index contributed by atoms with van der Waals surface area (Å²) in [5.41, 5.74) is 1.06. The van der Waals surface area contributed by atoms with Crippen LogP contribution in [0.5, 0.6) is 0 Å². The van der Waals surface area contributed by atoms with Crippen molar-refractivity contribution in [3.8, 4) is 0 Å². The van der Waals surface area contributed by atoms with Gasteiger partial charge in [0.25, 0.3) is 0 Å². The third-order valence-electron chi connectivity index (χ3n) is 4.98. The van der Waals surface area contributed by atoms with Crippen LogP contribution in [0.4, 0.5) is 10.6 Å². The molecule has 0 aromatic carbocycles. The molecule has 1 aromatic rings. The van der Waals surface area contributed by atoms with Crippen molar-refractivity contribution in [2.45, 2.75) is 44.7 Å². The Kier molecular flexibility index (Phi) is 4.50. The first kappa shape index (κ1) is 15.1. The van der Waals surface area contributed by atoms with E-state index in [1.807, 2.05) is 31.1 Å². The van der Waals surface area contributed by atoms with Gasteiger partial charge in [-0.05, 0) is 37.7 Å². The van der Waals surface area contributed by atoms with Crippen LogP contribution < -0.4 is 10.2 Å². The third kappa shape index (κ3) is 3.03. The van der Waals surface area contributed by atoms with Gasteiger partial charge in [0.05, 0.1) is 0 Å². The molecule has 2 aliphatic rings. The molecule has 3 rings (SSSR count). The van der Waals surface area contributed by atoms with E-state index in [0.29, 0.717) is 12.6 Å². The van der Waals surface area contributed by atoms with E-state index < -0.39 is 0 Å². The van der Waals surface area contributed by atoms with Gasteiger partial charge in [0.15, 0.2) is 0 Å². The Labute approximate surface area is 132 Å². The summed E-state index contributed by atoms with van der Waals surface area (Å²) in [7, 11) is 3.95. The number of hydrogen-bond acceptors (Lipinski definition) is 3. The molecule has 1 aliphatic heterocycles. The highest BCUT2D eigenvalue weighted by Crippen LogP contribution is 2.36. The Morgan fingerprint density at radius 1 is 1.36 bits per heavy atom. The van der Waals surface area contributed by atoms with E-state index in [0.717, 1.165) is 30.3 Å². The molecule has 22 heavy (non-hydrogen) atoms. The summed E-state index contributed by atoms with van der Waals surface area (Å²) in [4.78, 5) is 21.0. The average Bonchev–Trinajstić information content (AvgIpc) is 3.01. The topological polar surface area (TPSA) is 48.5 Å². The number of fused-ring (bicyclic) bond motifs is 1. The Morgan fingerprint density at radius 3 is 3.00 bits per heavy atom. The normalized spacial score (nSPS) is 24.0. The van der Waals surface area contributed by atoms with Crippen molar-refractivity contribution in [2.75, 3.05) is 25.5 Å². The summed E-state index contributed by atoms with van der Waals surface area (Å²) < 4.78 is 0. The number of anilines is 1. The maximum atomic E-state index is 12.6. The van der Waals surface area contributed by atoms with Crippen molar-refractivity contribution in [3.05, 3.63) is 23.9 Å². The number of carbonyl (C=O) groups is 1. The van der Waals surface area contributed by atoms with Crippen LogP contribution in [0.1, 0.15) is 37.7 Å². The van der Waals surface area contributed by atoms with Crippen LogP contribution in [0.15, 0.2) is 18.3 Å². The van der Waals surface area contributed by atoms with Gasteiger partial charge >= 0.3 is 6.03 Å². The number of rotatable bonds is 3. The molecule has 5 heteroatoms. The van der Waals surface area contributed by atoms with E-state index >= 15 is 0 Å². The second-order valence-corrected chi connectivity index (χ2v) is 6.63. The highest BCUT2D eigenvalue weighted by Gasteiger charge is 2.37. The third-order valence-corrected chi connectivity index (χ3v) is 4.98. The van der Waals surface area contributed by atoms with Gasteiger partial charge in [-0.15, -0.1) is 0 Å². The monoisotopic (exact) mass is 302 g/mol. The first-order valence-corrected chi connectivity index (χ1v) is 8.32. The van der Waals surface area contributed by atoms with Crippen LogP contribution in [0.2, 0.25) is 0 Å². The molecule has 0 bridgehead atoms. The summed E-state index contributed by atoms with van der Waals surface area (Å²) in [6.45, 7) is 1.44. The van der Waals surface area contributed by atoms with Gasteiger partial charge in [-0.1, -0.05) is 12.5 Å². The maximum absolute atomic E-state index is 12.6. The molecule has 2 heterocycles. The SMILES string of the molecule is CN(C)c1ncccc1CNC(=O)N1CCC[C@@H]2CCC[C@H]21. The van der Waals surface area contributed by atoms with Gasteiger partial charge in [-0.3, -0.25) is 0 Å². The molecule has 0 spiro atoms. The number of nitrogens with one attached hydrogen (secondary N) is 1. The number of hydrogen-bond donors (Lipinski definition) is 1. The lowest BCUT2D eigenvalue weighted by Crippen LogP contribution is -2.50. The second kappa shape index (κ2) is 6.55. The zero-order valence-corrected chi connectivity index (χ0v) is 13.6. The van der Waals surface area contributed by atoms with E-state index in [1.165, 1.54) is 25.7 Å². The predicted molar refractivity (Wildman–Crippen MR) is 87.9 cm³/mol. The summed E-state index contributed by atoms with van der Waals surface area (Å²) in [5.74, 6) is 1.65. The predicted octanol–water partition coefficient (Wildman–Crippen LogP) is 2.62. The van der Waals surface area contributed by atoms with Crippen molar-refractivity contribution in [2.24, 2.45) is 5.92 Å². The van der Waals surface area contributed by atoms with Crippen LogP contribution >= 0.6 is 0 Å². The van der Waals surface area contributed by atoms with E-state index in [9.17, 15) is 4.79 Å². The second-order valence-electron chi connectivity index (χ2n) is 6.63. The van der Waals surface area contributed by atoms with Crippen LogP contribution in [0, 0.1) is 5.92 Å². The molecule has 2 fully saturated rings. The number of pyridine rings is 1. The first-order valence-electron chi connectivity index (χ1n) is 8.32. The minimum atomic E-state index is 0.0881. The fourth-order valence-corrected chi connectivity index (χ4v) is 3.95. The standard InChI is InChI=1S/C17H26N4O/c1-20(2)16-14(7-4-10-18-16)12-19-17(22)21-11-5-8-13-6-3-9-15(13)21/h4,7,10,13,15H,3,5-6,8-9,11-12H2,1-2H3,(H,19,22)/t13-,15+/m0/s1. The van der Waals surface area contributed by atoms with Gasteiger partial charge in [-0.2, -0.15) is 0 Å². The molecule has 5 nitrogen and oxygen atoms in total. The number of piperidine rings is 1. The number of likely N-dealkylation sites (tertiary alicyclic amines) is 1. The quantitative estimate of drug-likeness (QED) is 0.933. The molecule has 0 radical (unpaired) electrons. The van der Waals surface area contributed by atoms with Crippen molar-refractivity contribution in [1.82, 2.24) is 15.2 Å². The highest BCUT2D eigenvalue weighted by atomic mass is 16.2. The Bertz CT molecular complexity index is 531. The van der Waals surface area contributed by atoms with Gasteiger partial charge in [0.2, 0.25) is 0 Å². The van der Waals surface area contributed by atoms with Crippen LogP contribution in [0.25, 0.3) is 0 Å². The molecule has 1 aromatic heterocycles. The summed E-state index contributed by atoms with van der Waals surface area (Å²) >= 11 is 0. The van der Waals surface area contributed by atoms with Crippen molar-refractivity contribution < 1.29 is 4.79 Å². The minimum absolute atomic E-state index is 0.0881.